The summed E-state index contributed by atoms with van der Waals surface area (Å²) in [4.78, 5) is 4.21. The third kappa shape index (κ3) is 3.89. The zero-order chi connectivity index (χ0) is 15.1. The topological polar surface area (TPSA) is 30.7 Å². The van der Waals surface area contributed by atoms with Gasteiger partial charge in [0.25, 0.3) is 0 Å². The highest BCUT2D eigenvalue weighted by Crippen LogP contribution is 2.35. The van der Waals surface area contributed by atoms with Gasteiger partial charge in [0.15, 0.2) is 0 Å². The van der Waals surface area contributed by atoms with Crippen molar-refractivity contribution >= 4 is 0 Å². The van der Waals surface area contributed by atoms with E-state index in [1.807, 2.05) is 38.6 Å². The first-order chi connectivity index (χ1) is 9.74. The van der Waals surface area contributed by atoms with Crippen LogP contribution in [0.1, 0.15) is 52.1 Å². The molecule has 2 aromatic heterocycles. The summed E-state index contributed by atoms with van der Waals surface area (Å²) in [6.07, 6.45) is 7.62. The van der Waals surface area contributed by atoms with E-state index in [9.17, 15) is 4.39 Å². The van der Waals surface area contributed by atoms with Crippen molar-refractivity contribution in [3.05, 3.63) is 36.0 Å². The number of nitrogens with zero attached hydrogens (tertiary/aromatic N) is 3. The molecule has 0 spiro atoms. The van der Waals surface area contributed by atoms with Crippen molar-refractivity contribution in [3.8, 4) is 11.3 Å². The smallest absolute Gasteiger partial charge is 0.129 e. The van der Waals surface area contributed by atoms with Crippen molar-refractivity contribution < 1.29 is 4.39 Å². The van der Waals surface area contributed by atoms with Crippen molar-refractivity contribution in [2.45, 2.75) is 53.5 Å². The van der Waals surface area contributed by atoms with Crippen LogP contribution < -0.4 is 0 Å². The third-order valence-electron chi connectivity index (χ3n) is 2.86. The van der Waals surface area contributed by atoms with Crippen LogP contribution in [0.5, 0.6) is 0 Å². The van der Waals surface area contributed by atoms with Gasteiger partial charge in [0, 0.05) is 29.6 Å². The van der Waals surface area contributed by atoms with Gasteiger partial charge in [-0.25, -0.2) is 4.39 Å². The Morgan fingerprint density at radius 1 is 1.15 bits per heavy atom. The SMILES string of the molecule is CC.CC.Cc1cnc(-c2cnn(C3CC3)c2)cc1F. The van der Waals surface area contributed by atoms with Crippen molar-refractivity contribution in [3.63, 3.8) is 0 Å². The van der Waals surface area contributed by atoms with Crippen molar-refractivity contribution in [2.24, 2.45) is 0 Å². The number of hydrogen-bond donors (Lipinski definition) is 0. The Morgan fingerprint density at radius 2 is 1.80 bits per heavy atom. The van der Waals surface area contributed by atoms with E-state index >= 15 is 0 Å². The predicted octanol–water partition coefficient (Wildman–Crippen LogP) is 4.78. The molecule has 0 radical (unpaired) electrons. The Balaban J connectivity index is 0.000000461. The third-order valence-corrected chi connectivity index (χ3v) is 2.86. The molecule has 1 aliphatic carbocycles. The van der Waals surface area contributed by atoms with Crippen LogP contribution in [0.2, 0.25) is 0 Å². The molecule has 1 aliphatic rings. The van der Waals surface area contributed by atoms with Gasteiger partial charge < -0.3 is 0 Å². The molecule has 0 aromatic carbocycles. The Bertz CT molecular complexity index is 530. The lowest BCUT2D eigenvalue weighted by molar-refractivity contribution is 0.616. The molecule has 20 heavy (non-hydrogen) atoms. The molecule has 0 saturated heterocycles. The summed E-state index contributed by atoms with van der Waals surface area (Å²) < 4.78 is 15.3. The highest BCUT2D eigenvalue weighted by Gasteiger charge is 2.24. The van der Waals surface area contributed by atoms with E-state index in [-0.39, 0.29) is 5.82 Å². The van der Waals surface area contributed by atoms with E-state index in [2.05, 4.69) is 10.1 Å². The first kappa shape index (κ1) is 16.3. The molecule has 2 heterocycles. The predicted molar refractivity (Wildman–Crippen MR) is 81.1 cm³/mol. The Hall–Kier alpha value is -1.71. The fourth-order valence-electron chi connectivity index (χ4n) is 1.67. The number of halogens is 1. The Morgan fingerprint density at radius 3 is 2.35 bits per heavy atom. The Labute approximate surface area is 120 Å². The van der Waals surface area contributed by atoms with Crippen LogP contribution in [-0.4, -0.2) is 14.8 Å². The number of aryl methyl sites for hydroxylation is 1. The average Bonchev–Trinajstić information content (AvgIpc) is 3.24. The molecule has 1 fully saturated rings. The fourth-order valence-corrected chi connectivity index (χ4v) is 1.67. The van der Waals surface area contributed by atoms with Gasteiger partial charge in [0.1, 0.15) is 5.82 Å². The number of rotatable bonds is 2. The molecule has 0 atom stereocenters. The minimum atomic E-state index is -0.218. The van der Waals surface area contributed by atoms with E-state index in [1.165, 1.54) is 18.9 Å². The summed E-state index contributed by atoms with van der Waals surface area (Å²) in [5, 5.41) is 4.26. The fraction of sp³-hybridized carbons (Fsp3) is 0.500. The second kappa shape index (κ2) is 7.78. The highest BCUT2D eigenvalue weighted by atomic mass is 19.1. The quantitative estimate of drug-likeness (QED) is 0.791. The van der Waals surface area contributed by atoms with Gasteiger partial charge in [-0.05, 0) is 19.8 Å². The second-order valence-electron chi connectivity index (χ2n) is 4.26. The van der Waals surface area contributed by atoms with Gasteiger partial charge >= 0.3 is 0 Å². The maximum Gasteiger partial charge on any atom is 0.129 e. The van der Waals surface area contributed by atoms with E-state index in [0.717, 1.165) is 5.56 Å². The van der Waals surface area contributed by atoms with Crippen molar-refractivity contribution in [1.29, 1.82) is 0 Å². The zero-order valence-corrected chi connectivity index (χ0v) is 13.0. The van der Waals surface area contributed by atoms with Gasteiger partial charge in [0.05, 0.1) is 17.9 Å². The average molecular weight is 277 g/mol. The minimum absolute atomic E-state index is 0.218. The molecular weight excluding hydrogens is 253 g/mol. The Kier molecular flexibility index (Phi) is 6.36. The van der Waals surface area contributed by atoms with Crippen LogP contribution in [0.15, 0.2) is 24.7 Å². The van der Waals surface area contributed by atoms with E-state index < -0.39 is 0 Å². The molecule has 3 nitrogen and oxygen atoms in total. The molecule has 4 heteroatoms. The molecule has 0 amide bonds. The lowest BCUT2D eigenvalue weighted by Gasteiger charge is -1.99. The van der Waals surface area contributed by atoms with Crippen LogP contribution in [0.25, 0.3) is 11.3 Å². The van der Waals surface area contributed by atoms with E-state index in [1.54, 1.807) is 19.3 Å². The van der Waals surface area contributed by atoms with Gasteiger partial charge in [-0.15, -0.1) is 0 Å². The molecule has 0 aliphatic heterocycles. The lowest BCUT2D eigenvalue weighted by atomic mass is 10.2. The van der Waals surface area contributed by atoms with Crippen LogP contribution in [0.4, 0.5) is 4.39 Å². The molecule has 3 rings (SSSR count). The van der Waals surface area contributed by atoms with Gasteiger partial charge in [-0.2, -0.15) is 5.10 Å². The summed E-state index contributed by atoms with van der Waals surface area (Å²) in [6, 6.07) is 2.01. The van der Waals surface area contributed by atoms with Crippen LogP contribution in [-0.2, 0) is 0 Å². The van der Waals surface area contributed by atoms with Gasteiger partial charge in [0.2, 0.25) is 0 Å². The highest BCUT2D eigenvalue weighted by molar-refractivity contribution is 5.57. The first-order valence-corrected chi connectivity index (χ1v) is 7.41. The molecule has 110 valence electrons. The minimum Gasteiger partial charge on any atom is -0.269 e. The maximum atomic E-state index is 13.4. The number of hydrogen-bond acceptors (Lipinski definition) is 2. The molecule has 2 aromatic rings. The molecule has 0 bridgehead atoms. The van der Waals surface area contributed by atoms with E-state index in [4.69, 9.17) is 0 Å². The summed E-state index contributed by atoms with van der Waals surface area (Å²) in [5.74, 6) is -0.218. The summed E-state index contributed by atoms with van der Waals surface area (Å²) >= 11 is 0. The lowest BCUT2D eigenvalue weighted by Crippen LogP contribution is -1.92. The second-order valence-corrected chi connectivity index (χ2v) is 4.26. The largest absolute Gasteiger partial charge is 0.269 e. The van der Waals surface area contributed by atoms with Crippen molar-refractivity contribution in [2.75, 3.05) is 0 Å². The van der Waals surface area contributed by atoms with Crippen LogP contribution >= 0.6 is 0 Å². The van der Waals surface area contributed by atoms with Gasteiger partial charge in [-0.3, -0.25) is 9.67 Å². The maximum absolute atomic E-state index is 13.4. The first-order valence-electron chi connectivity index (χ1n) is 7.41. The van der Waals surface area contributed by atoms with Crippen molar-refractivity contribution in [1.82, 2.24) is 14.8 Å². The normalized spacial score (nSPS) is 12.9. The number of pyridine rings is 1. The molecule has 0 unspecified atom stereocenters. The summed E-state index contributed by atoms with van der Waals surface area (Å²) in [6.45, 7) is 9.71. The molecule has 0 N–H and O–H groups in total. The van der Waals surface area contributed by atoms with E-state index in [0.29, 0.717) is 17.3 Å². The zero-order valence-electron chi connectivity index (χ0n) is 13.0. The van der Waals surface area contributed by atoms with Crippen LogP contribution in [0.3, 0.4) is 0 Å². The summed E-state index contributed by atoms with van der Waals surface area (Å²) in [5.41, 5.74) is 2.10. The molecule has 1 saturated carbocycles. The summed E-state index contributed by atoms with van der Waals surface area (Å²) in [7, 11) is 0. The van der Waals surface area contributed by atoms with Gasteiger partial charge in [-0.1, -0.05) is 27.7 Å². The van der Waals surface area contributed by atoms with Crippen LogP contribution in [0, 0.1) is 12.7 Å². The monoisotopic (exact) mass is 277 g/mol. The standard InChI is InChI=1S/C12H12FN3.2C2H6/c1-8-5-14-12(4-11(8)13)9-6-15-16(7-9)10-2-3-10;2*1-2/h4-7,10H,2-3H2,1H3;2*1-2H3. The number of aromatic nitrogens is 3. The molecular formula is C16H24FN3.